The summed E-state index contributed by atoms with van der Waals surface area (Å²) in [5.74, 6) is -0.315. The summed E-state index contributed by atoms with van der Waals surface area (Å²) in [6.07, 6.45) is 2.07. The molecule has 0 aliphatic carbocycles. The Morgan fingerprint density at radius 2 is 2.05 bits per heavy atom. The predicted molar refractivity (Wildman–Crippen MR) is 82.9 cm³/mol. The predicted octanol–water partition coefficient (Wildman–Crippen LogP) is 1.57. The van der Waals surface area contributed by atoms with Gasteiger partial charge in [-0.25, -0.2) is 4.39 Å². The van der Waals surface area contributed by atoms with Crippen LogP contribution in [0.15, 0.2) is 23.2 Å². The minimum Gasteiger partial charge on any atom is -0.370 e. The molecule has 0 aliphatic rings. The van der Waals surface area contributed by atoms with E-state index in [1.165, 1.54) is 6.07 Å². The molecular weight excluding hydrogens is 271 g/mol. The smallest absolute Gasteiger partial charge is 0.251 e. The lowest BCUT2D eigenvalue weighted by Gasteiger charge is -2.08. The molecule has 0 saturated carbocycles. The van der Waals surface area contributed by atoms with Crippen molar-refractivity contribution in [1.82, 2.24) is 10.6 Å². The van der Waals surface area contributed by atoms with Crippen LogP contribution in [-0.2, 0) is 0 Å². The number of carbonyl (C=O) groups excluding carboxylic acids is 1. The van der Waals surface area contributed by atoms with Gasteiger partial charge < -0.3 is 16.4 Å². The summed E-state index contributed by atoms with van der Waals surface area (Å²) >= 11 is 0. The van der Waals surface area contributed by atoms with E-state index in [1.807, 2.05) is 0 Å². The fourth-order valence-corrected chi connectivity index (χ4v) is 1.62. The molecule has 1 amide bonds. The lowest BCUT2D eigenvalue weighted by molar-refractivity contribution is 0.0954. The number of hydrogen-bond donors (Lipinski definition) is 3. The highest BCUT2D eigenvalue weighted by molar-refractivity contribution is 5.94. The van der Waals surface area contributed by atoms with Crippen LogP contribution in [-0.4, -0.2) is 31.5 Å². The van der Waals surface area contributed by atoms with E-state index >= 15 is 0 Å². The van der Waals surface area contributed by atoms with Gasteiger partial charge in [-0.1, -0.05) is 19.4 Å². The number of aryl methyl sites for hydroxylation is 1. The largest absolute Gasteiger partial charge is 0.370 e. The fraction of sp³-hybridized carbons (Fsp3) is 0.467. The molecule has 0 saturated heterocycles. The summed E-state index contributed by atoms with van der Waals surface area (Å²) in [6.45, 7) is 5.30. The summed E-state index contributed by atoms with van der Waals surface area (Å²) in [6, 6.07) is 4.42. The van der Waals surface area contributed by atoms with E-state index in [4.69, 9.17) is 5.73 Å². The monoisotopic (exact) mass is 294 g/mol. The molecule has 0 aliphatic heterocycles. The Morgan fingerprint density at radius 3 is 2.71 bits per heavy atom. The topological polar surface area (TPSA) is 79.5 Å². The molecule has 0 aromatic heterocycles. The molecule has 1 rings (SSSR count). The van der Waals surface area contributed by atoms with Gasteiger partial charge in [0.05, 0.1) is 0 Å². The Morgan fingerprint density at radius 1 is 1.33 bits per heavy atom. The minimum atomic E-state index is -0.381. The van der Waals surface area contributed by atoms with Crippen molar-refractivity contribution in [3.63, 3.8) is 0 Å². The zero-order valence-corrected chi connectivity index (χ0v) is 12.6. The second-order valence-electron chi connectivity index (χ2n) is 4.77. The van der Waals surface area contributed by atoms with Gasteiger partial charge in [-0.05, 0) is 31.0 Å². The lowest BCUT2D eigenvalue weighted by atomic mass is 10.1. The maximum atomic E-state index is 13.4. The third-order valence-electron chi connectivity index (χ3n) is 2.94. The van der Waals surface area contributed by atoms with Crippen LogP contribution in [0, 0.1) is 12.7 Å². The Balaban J connectivity index is 2.30. The summed E-state index contributed by atoms with van der Waals surface area (Å²) in [5.41, 5.74) is 6.48. The van der Waals surface area contributed by atoms with Crippen LogP contribution in [0.25, 0.3) is 0 Å². The van der Waals surface area contributed by atoms with E-state index < -0.39 is 0 Å². The third kappa shape index (κ3) is 6.25. The molecule has 0 radical (unpaired) electrons. The fourth-order valence-electron chi connectivity index (χ4n) is 1.62. The van der Waals surface area contributed by atoms with E-state index in [1.54, 1.807) is 19.1 Å². The number of guanidine groups is 1. The van der Waals surface area contributed by atoms with Crippen molar-refractivity contribution in [3.8, 4) is 0 Å². The number of halogens is 1. The molecule has 0 atom stereocenters. The van der Waals surface area contributed by atoms with Crippen LogP contribution >= 0.6 is 0 Å². The Bertz CT molecular complexity index is 502. The number of hydrogen-bond acceptors (Lipinski definition) is 2. The SMILES string of the molecule is CCCCN=C(N)NCCNC(=O)c1ccc(C)c(F)c1. The first kappa shape index (κ1) is 16.9. The molecule has 5 nitrogen and oxygen atoms in total. The summed E-state index contributed by atoms with van der Waals surface area (Å²) < 4.78 is 13.4. The van der Waals surface area contributed by atoms with Crippen molar-refractivity contribution >= 4 is 11.9 Å². The number of carbonyl (C=O) groups is 1. The van der Waals surface area contributed by atoms with Gasteiger partial charge in [-0.2, -0.15) is 0 Å². The number of aliphatic imine (C=N–C) groups is 1. The molecule has 0 heterocycles. The minimum absolute atomic E-state index is 0.308. The van der Waals surface area contributed by atoms with Gasteiger partial charge in [0, 0.05) is 25.2 Å². The molecule has 4 N–H and O–H groups in total. The van der Waals surface area contributed by atoms with Crippen molar-refractivity contribution in [2.24, 2.45) is 10.7 Å². The molecule has 0 fully saturated rings. The molecule has 21 heavy (non-hydrogen) atoms. The van der Waals surface area contributed by atoms with Crippen LogP contribution in [0.5, 0.6) is 0 Å². The highest BCUT2D eigenvalue weighted by atomic mass is 19.1. The number of benzene rings is 1. The van der Waals surface area contributed by atoms with E-state index in [9.17, 15) is 9.18 Å². The highest BCUT2D eigenvalue weighted by Crippen LogP contribution is 2.08. The van der Waals surface area contributed by atoms with Crippen LogP contribution < -0.4 is 16.4 Å². The quantitative estimate of drug-likeness (QED) is 0.406. The summed E-state index contributed by atoms with van der Waals surface area (Å²) in [5, 5.41) is 5.60. The van der Waals surface area contributed by atoms with Crippen molar-refractivity contribution < 1.29 is 9.18 Å². The first-order valence-electron chi connectivity index (χ1n) is 7.12. The molecule has 1 aromatic rings. The molecule has 0 bridgehead atoms. The van der Waals surface area contributed by atoms with Crippen LogP contribution in [0.3, 0.4) is 0 Å². The maximum Gasteiger partial charge on any atom is 0.251 e. The second-order valence-corrected chi connectivity index (χ2v) is 4.77. The van der Waals surface area contributed by atoms with Crippen molar-refractivity contribution in [1.29, 1.82) is 0 Å². The summed E-state index contributed by atoms with van der Waals surface area (Å²) in [7, 11) is 0. The van der Waals surface area contributed by atoms with Gasteiger partial charge in [-0.15, -0.1) is 0 Å². The van der Waals surface area contributed by atoms with Gasteiger partial charge in [0.15, 0.2) is 5.96 Å². The van der Waals surface area contributed by atoms with Crippen LogP contribution in [0.4, 0.5) is 4.39 Å². The zero-order valence-electron chi connectivity index (χ0n) is 12.6. The van der Waals surface area contributed by atoms with Crippen molar-refractivity contribution in [2.75, 3.05) is 19.6 Å². The number of nitrogens with zero attached hydrogens (tertiary/aromatic N) is 1. The van der Waals surface area contributed by atoms with Gasteiger partial charge in [0.1, 0.15) is 5.82 Å². The number of nitrogens with one attached hydrogen (secondary N) is 2. The van der Waals surface area contributed by atoms with Gasteiger partial charge in [-0.3, -0.25) is 9.79 Å². The third-order valence-corrected chi connectivity index (χ3v) is 2.94. The normalized spacial score (nSPS) is 11.3. The average Bonchev–Trinajstić information content (AvgIpc) is 2.46. The maximum absolute atomic E-state index is 13.4. The Hall–Kier alpha value is -2.11. The Kier molecular flexibility index (Phi) is 7.21. The van der Waals surface area contributed by atoms with Gasteiger partial charge in [0.25, 0.3) is 5.91 Å². The standard InChI is InChI=1S/C15H23FN4O/c1-3-4-7-19-15(17)20-9-8-18-14(21)12-6-5-11(2)13(16)10-12/h5-6,10H,3-4,7-9H2,1-2H3,(H,18,21)(H3,17,19,20). The highest BCUT2D eigenvalue weighted by Gasteiger charge is 2.07. The average molecular weight is 294 g/mol. The van der Waals surface area contributed by atoms with E-state index in [-0.39, 0.29) is 11.7 Å². The van der Waals surface area contributed by atoms with Crippen molar-refractivity contribution in [2.45, 2.75) is 26.7 Å². The molecule has 0 spiro atoms. The lowest BCUT2D eigenvalue weighted by Crippen LogP contribution is -2.38. The van der Waals surface area contributed by atoms with Gasteiger partial charge >= 0.3 is 0 Å². The molecular formula is C15H23FN4O. The molecule has 116 valence electrons. The first-order valence-corrected chi connectivity index (χ1v) is 7.12. The molecule has 1 aromatic carbocycles. The van der Waals surface area contributed by atoms with Gasteiger partial charge in [0.2, 0.25) is 0 Å². The number of nitrogens with two attached hydrogens (primary N) is 1. The second kappa shape index (κ2) is 8.94. The number of amides is 1. The number of unbranched alkanes of at least 4 members (excludes halogenated alkanes) is 1. The van der Waals surface area contributed by atoms with Crippen LogP contribution in [0.1, 0.15) is 35.7 Å². The Labute approximate surface area is 124 Å². The van der Waals surface area contributed by atoms with Crippen molar-refractivity contribution in [3.05, 3.63) is 35.1 Å². The summed E-state index contributed by atoms with van der Waals surface area (Å²) in [4.78, 5) is 15.9. The van der Waals surface area contributed by atoms with E-state index in [0.29, 0.717) is 36.7 Å². The van der Waals surface area contributed by atoms with E-state index in [0.717, 1.165) is 12.8 Å². The molecule has 6 heteroatoms. The first-order chi connectivity index (χ1) is 10.0. The van der Waals surface area contributed by atoms with Crippen LogP contribution in [0.2, 0.25) is 0 Å². The van der Waals surface area contributed by atoms with E-state index in [2.05, 4.69) is 22.5 Å². The molecule has 0 unspecified atom stereocenters. The zero-order chi connectivity index (χ0) is 15.7. The number of rotatable bonds is 7.